The van der Waals surface area contributed by atoms with Crippen LogP contribution in [0.4, 0.5) is 0 Å². The number of thiophene rings is 1. The molecule has 1 aliphatic rings. The number of carboxylic acid groups (broad SMARTS) is 1. The van der Waals surface area contributed by atoms with Crippen molar-refractivity contribution >= 4 is 17.3 Å². The summed E-state index contributed by atoms with van der Waals surface area (Å²) in [5.41, 5.74) is 3.70. The average Bonchev–Trinajstić information content (AvgIpc) is 2.83. The summed E-state index contributed by atoms with van der Waals surface area (Å²) in [6.07, 6.45) is 0.744. The lowest BCUT2D eigenvalue weighted by molar-refractivity contribution is 0.0688. The van der Waals surface area contributed by atoms with Crippen LogP contribution in [0.2, 0.25) is 0 Å². The van der Waals surface area contributed by atoms with E-state index in [1.54, 1.807) is 11.3 Å². The molecule has 0 saturated heterocycles. The number of hydrogen-bond donors (Lipinski definition) is 2. The molecule has 0 unspecified atom stereocenters. The van der Waals surface area contributed by atoms with E-state index in [0.717, 1.165) is 35.3 Å². The van der Waals surface area contributed by atoms with E-state index in [1.807, 2.05) is 17.7 Å². The van der Waals surface area contributed by atoms with Gasteiger partial charge in [-0.25, -0.2) is 14.8 Å². The molecular weight excluding hydrogens is 262 g/mol. The van der Waals surface area contributed by atoms with Crippen molar-refractivity contribution in [2.24, 2.45) is 0 Å². The number of nitrogens with zero attached hydrogens (tertiary/aromatic N) is 2. The van der Waals surface area contributed by atoms with Crippen LogP contribution in [-0.2, 0) is 13.0 Å². The Morgan fingerprint density at radius 3 is 2.95 bits per heavy atom. The predicted octanol–water partition coefficient (Wildman–Crippen LogP) is 1.86. The number of aryl methyl sites for hydroxylation is 1. The van der Waals surface area contributed by atoms with Gasteiger partial charge in [-0.1, -0.05) is 0 Å². The molecule has 1 aliphatic heterocycles. The fraction of sp³-hybridized carbons (Fsp3) is 0.308. The van der Waals surface area contributed by atoms with E-state index in [4.69, 9.17) is 0 Å². The molecule has 0 aliphatic carbocycles. The van der Waals surface area contributed by atoms with Crippen LogP contribution < -0.4 is 5.32 Å². The highest BCUT2D eigenvalue weighted by Gasteiger charge is 2.22. The van der Waals surface area contributed by atoms with Crippen molar-refractivity contribution in [2.45, 2.75) is 19.9 Å². The van der Waals surface area contributed by atoms with Gasteiger partial charge < -0.3 is 10.4 Å². The van der Waals surface area contributed by atoms with E-state index in [2.05, 4.69) is 15.3 Å². The van der Waals surface area contributed by atoms with Gasteiger partial charge in [0.2, 0.25) is 0 Å². The first-order valence-electron chi connectivity index (χ1n) is 6.04. The smallest absolute Gasteiger partial charge is 0.354 e. The third-order valence-electron chi connectivity index (χ3n) is 3.23. The molecule has 2 aromatic rings. The summed E-state index contributed by atoms with van der Waals surface area (Å²) >= 11 is 1.57. The van der Waals surface area contributed by atoms with E-state index in [0.29, 0.717) is 12.4 Å². The highest BCUT2D eigenvalue weighted by Crippen LogP contribution is 2.26. The molecule has 0 radical (unpaired) electrons. The minimum atomic E-state index is -0.989. The van der Waals surface area contributed by atoms with Gasteiger partial charge in [0.25, 0.3) is 0 Å². The van der Waals surface area contributed by atoms with Crippen molar-refractivity contribution in [3.63, 3.8) is 0 Å². The Bertz CT molecular complexity index is 651. The van der Waals surface area contributed by atoms with Gasteiger partial charge in [-0.3, -0.25) is 0 Å². The second kappa shape index (κ2) is 4.71. The molecule has 19 heavy (non-hydrogen) atoms. The van der Waals surface area contributed by atoms with E-state index in [9.17, 15) is 9.90 Å². The monoisotopic (exact) mass is 275 g/mol. The summed E-state index contributed by atoms with van der Waals surface area (Å²) in [7, 11) is 0. The molecular formula is C13H13N3O2S. The molecule has 0 saturated carbocycles. The Morgan fingerprint density at radius 1 is 1.42 bits per heavy atom. The number of carbonyl (C=O) groups is 1. The van der Waals surface area contributed by atoms with Crippen molar-refractivity contribution in [3.05, 3.63) is 33.3 Å². The van der Waals surface area contributed by atoms with Crippen molar-refractivity contribution < 1.29 is 9.90 Å². The van der Waals surface area contributed by atoms with Crippen LogP contribution in [0.1, 0.15) is 27.3 Å². The largest absolute Gasteiger partial charge is 0.476 e. The third-order valence-corrected chi connectivity index (χ3v) is 4.09. The first-order valence-corrected chi connectivity index (χ1v) is 6.98. The van der Waals surface area contributed by atoms with Crippen LogP contribution in [0.25, 0.3) is 11.4 Å². The highest BCUT2D eigenvalue weighted by molar-refractivity contribution is 7.08. The summed E-state index contributed by atoms with van der Waals surface area (Å²) in [6, 6.07) is 0. The maximum atomic E-state index is 11.4. The van der Waals surface area contributed by atoms with Gasteiger partial charge in [0.1, 0.15) is 0 Å². The maximum Gasteiger partial charge on any atom is 0.354 e. The van der Waals surface area contributed by atoms with Crippen molar-refractivity contribution in [1.82, 2.24) is 15.3 Å². The summed E-state index contributed by atoms with van der Waals surface area (Å²) in [5.74, 6) is -0.465. The first kappa shape index (κ1) is 12.3. The van der Waals surface area contributed by atoms with Crippen molar-refractivity contribution in [3.8, 4) is 11.4 Å². The molecule has 3 heterocycles. The number of carboxylic acids is 1. The van der Waals surface area contributed by atoms with Crippen molar-refractivity contribution in [1.29, 1.82) is 0 Å². The maximum absolute atomic E-state index is 11.4. The molecule has 2 N–H and O–H groups in total. The second-order valence-corrected chi connectivity index (χ2v) is 5.27. The van der Waals surface area contributed by atoms with Crippen LogP contribution in [-0.4, -0.2) is 27.6 Å². The quantitative estimate of drug-likeness (QED) is 0.875. The van der Waals surface area contributed by atoms with Crippen LogP contribution in [0.15, 0.2) is 10.8 Å². The zero-order valence-electron chi connectivity index (χ0n) is 10.4. The van der Waals surface area contributed by atoms with Gasteiger partial charge in [-0.15, -0.1) is 0 Å². The van der Waals surface area contributed by atoms with Gasteiger partial charge in [-0.05, 0) is 17.9 Å². The lowest BCUT2D eigenvalue weighted by Gasteiger charge is -2.18. The van der Waals surface area contributed by atoms with Crippen LogP contribution in [0, 0.1) is 6.92 Å². The molecule has 0 amide bonds. The fourth-order valence-electron chi connectivity index (χ4n) is 2.23. The summed E-state index contributed by atoms with van der Waals surface area (Å²) in [5, 5.41) is 16.5. The Labute approximate surface area is 114 Å². The Hall–Kier alpha value is -1.79. The molecule has 5 nitrogen and oxygen atoms in total. The van der Waals surface area contributed by atoms with Crippen LogP contribution >= 0.6 is 11.3 Å². The number of rotatable bonds is 2. The van der Waals surface area contributed by atoms with E-state index in [1.165, 1.54) is 0 Å². The summed E-state index contributed by atoms with van der Waals surface area (Å²) < 4.78 is 0. The normalized spacial score (nSPS) is 14.2. The van der Waals surface area contributed by atoms with Gasteiger partial charge in [0, 0.05) is 36.0 Å². The van der Waals surface area contributed by atoms with Crippen LogP contribution in [0.5, 0.6) is 0 Å². The number of nitrogens with one attached hydrogen (secondary N) is 1. The van der Waals surface area contributed by atoms with Gasteiger partial charge in [-0.2, -0.15) is 11.3 Å². The molecule has 0 atom stereocenters. The van der Waals surface area contributed by atoms with Gasteiger partial charge >= 0.3 is 5.97 Å². The fourth-order valence-corrected chi connectivity index (χ4v) is 3.06. The molecule has 0 bridgehead atoms. The lowest BCUT2D eigenvalue weighted by atomic mass is 10.0. The summed E-state index contributed by atoms with van der Waals surface area (Å²) in [6.45, 7) is 3.33. The van der Waals surface area contributed by atoms with E-state index < -0.39 is 5.97 Å². The topological polar surface area (TPSA) is 75.1 Å². The first-order chi connectivity index (χ1) is 9.16. The number of hydrogen-bond acceptors (Lipinski definition) is 5. The SMILES string of the molecule is Cc1cscc1-c1nc2c(c(C(=O)O)n1)CNCC2. The van der Waals surface area contributed by atoms with Crippen molar-refractivity contribution in [2.75, 3.05) is 6.54 Å². The van der Waals surface area contributed by atoms with E-state index in [-0.39, 0.29) is 5.69 Å². The molecule has 0 aromatic carbocycles. The second-order valence-electron chi connectivity index (χ2n) is 4.52. The minimum absolute atomic E-state index is 0.123. The van der Waals surface area contributed by atoms with Gasteiger partial charge in [0.15, 0.2) is 11.5 Å². The molecule has 98 valence electrons. The predicted molar refractivity (Wildman–Crippen MR) is 72.5 cm³/mol. The van der Waals surface area contributed by atoms with Gasteiger partial charge in [0.05, 0.1) is 5.69 Å². The zero-order valence-corrected chi connectivity index (χ0v) is 11.3. The number of aromatic carboxylic acids is 1. The minimum Gasteiger partial charge on any atom is -0.476 e. The summed E-state index contributed by atoms with van der Waals surface area (Å²) in [4.78, 5) is 20.2. The standard InChI is InChI=1S/C13H13N3O2S/c1-7-5-19-6-9(7)12-15-10-2-3-14-4-8(10)11(16-12)13(17)18/h5-6,14H,2-4H2,1H3,(H,17,18). The number of aromatic nitrogens is 2. The molecule has 6 heteroatoms. The van der Waals surface area contributed by atoms with Crippen LogP contribution in [0.3, 0.4) is 0 Å². The Morgan fingerprint density at radius 2 is 2.26 bits per heavy atom. The highest BCUT2D eigenvalue weighted by atomic mass is 32.1. The Balaban J connectivity index is 2.20. The Kier molecular flexibility index (Phi) is 3.04. The van der Waals surface area contributed by atoms with E-state index >= 15 is 0 Å². The molecule has 3 rings (SSSR count). The molecule has 0 spiro atoms. The number of fused-ring (bicyclic) bond motifs is 1. The average molecular weight is 275 g/mol. The molecule has 0 fully saturated rings. The zero-order chi connectivity index (χ0) is 13.4. The lowest BCUT2D eigenvalue weighted by Crippen LogP contribution is -2.28. The molecule has 2 aromatic heterocycles. The third kappa shape index (κ3) is 2.13.